The number of aromatic carboxylic acids is 1. The Kier molecular flexibility index (Phi) is 4.36. The number of carbonyl (C=O) groups is 3. The Hall–Kier alpha value is -2.44. The van der Waals surface area contributed by atoms with Gasteiger partial charge in [0.15, 0.2) is 0 Å². The molecule has 0 aromatic heterocycles. The Morgan fingerprint density at radius 2 is 2.00 bits per heavy atom. The molecule has 1 aromatic rings. The summed E-state index contributed by atoms with van der Waals surface area (Å²) in [7, 11) is 0. The normalized spacial score (nSPS) is 9.67. The molecule has 0 aliphatic rings. The van der Waals surface area contributed by atoms with Gasteiger partial charge in [-0.25, -0.2) is 9.18 Å². The zero-order valence-corrected chi connectivity index (χ0v) is 9.49. The SMILES string of the molecule is CC(=O)NCC(=O)Nc1cc(C(=O)O)ccc1F. The fourth-order valence-corrected chi connectivity index (χ4v) is 1.15. The number of benzene rings is 1. The minimum atomic E-state index is -1.23. The molecule has 0 aliphatic carbocycles. The smallest absolute Gasteiger partial charge is 0.335 e. The maximum absolute atomic E-state index is 13.3. The van der Waals surface area contributed by atoms with E-state index < -0.39 is 23.6 Å². The summed E-state index contributed by atoms with van der Waals surface area (Å²) in [5.74, 6) is -3.03. The zero-order chi connectivity index (χ0) is 13.7. The lowest BCUT2D eigenvalue weighted by Gasteiger charge is -2.07. The van der Waals surface area contributed by atoms with Gasteiger partial charge in [0, 0.05) is 6.92 Å². The van der Waals surface area contributed by atoms with Gasteiger partial charge in [0.1, 0.15) is 5.82 Å². The number of hydrogen-bond donors (Lipinski definition) is 3. The fraction of sp³-hybridized carbons (Fsp3) is 0.182. The van der Waals surface area contributed by atoms with Crippen LogP contribution in [-0.4, -0.2) is 29.4 Å². The molecule has 2 amide bonds. The minimum Gasteiger partial charge on any atom is -0.478 e. The predicted molar refractivity (Wildman–Crippen MR) is 60.7 cm³/mol. The molecule has 0 fully saturated rings. The second kappa shape index (κ2) is 5.76. The van der Waals surface area contributed by atoms with E-state index in [1.54, 1.807) is 0 Å². The van der Waals surface area contributed by atoms with Gasteiger partial charge >= 0.3 is 5.97 Å². The van der Waals surface area contributed by atoms with Crippen LogP contribution in [0.25, 0.3) is 0 Å². The topological polar surface area (TPSA) is 95.5 Å². The molecule has 0 spiro atoms. The van der Waals surface area contributed by atoms with E-state index in [2.05, 4.69) is 10.6 Å². The first-order valence-electron chi connectivity index (χ1n) is 4.97. The Morgan fingerprint density at radius 3 is 2.56 bits per heavy atom. The van der Waals surface area contributed by atoms with Gasteiger partial charge in [-0.2, -0.15) is 0 Å². The number of carbonyl (C=O) groups excluding carboxylic acids is 2. The van der Waals surface area contributed by atoms with Crippen LogP contribution in [0.4, 0.5) is 10.1 Å². The van der Waals surface area contributed by atoms with Crippen LogP contribution in [-0.2, 0) is 9.59 Å². The van der Waals surface area contributed by atoms with Gasteiger partial charge in [0.05, 0.1) is 17.8 Å². The summed E-state index contributed by atoms with van der Waals surface area (Å²) in [4.78, 5) is 32.6. The van der Waals surface area contributed by atoms with Gasteiger partial charge in [0.2, 0.25) is 11.8 Å². The van der Waals surface area contributed by atoms with Crippen molar-refractivity contribution in [1.82, 2.24) is 5.32 Å². The highest BCUT2D eigenvalue weighted by Crippen LogP contribution is 2.16. The van der Waals surface area contributed by atoms with Crippen molar-refractivity contribution in [2.75, 3.05) is 11.9 Å². The minimum absolute atomic E-state index is 0.147. The van der Waals surface area contributed by atoms with Crippen LogP contribution in [0, 0.1) is 5.82 Å². The Labute approximate surface area is 102 Å². The maximum atomic E-state index is 13.3. The molecular weight excluding hydrogens is 243 g/mol. The molecular formula is C11H11FN2O4. The van der Waals surface area contributed by atoms with Crippen molar-refractivity contribution in [2.45, 2.75) is 6.92 Å². The highest BCUT2D eigenvalue weighted by atomic mass is 19.1. The second-order valence-electron chi connectivity index (χ2n) is 3.46. The summed E-state index contributed by atoms with van der Waals surface area (Å²) in [6.07, 6.45) is 0. The molecule has 0 atom stereocenters. The van der Waals surface area contributed by atoms with Crippen LogP contribution in [0.1, 0.15) is 17.3 Å². The average Bonchev–Trinajstić information content (AvgIpc) is 2.29. The van der Waals surface area contributed by atoms with Gasteiger partial charge in [-0.05, 0) is 18.2 Å². The standard InChI is InChI=1S/C11H11FN2O4/c1-6(15)13-5-10(16)14-9-4-7(11(17)18)2-3-8(9)12/h2-4H,5H2,1H3,(H,13,15)(H,14,16)(H,17,18). The molecule has 18 heavy (non-hydrogen) atoms. The molecule has 0 radical (unpaired) electrons. The van der Waals surface area contributed by atoms with Crippen molar-refractivity contribution in [1.29, 1.82) is 0 Å². The molecule has 3 N–H and O–H groups in total. The molecule has 0 saturated heterocycles. The number of carboxylic acid groups (broad SMARTS) is 1. The lowest BCUT2D eigenvalue weighted by atomic mass is 10.2. The third-order valence-corrected chi connectivity index (χ3v) is 1.99. The van der Waals surface area contributed by atoms with Gasteiger partial charge < -0.3 is 15.7 Å². The monoisotopic (exact) mass is 254 g/mol. The van der Waals surface area contributed by atoms with E-state index in [0.29, 0.717) is 0 Å². The predicted octanol–water partition coefficient (Wildman–Crippen LogP) is 0.598. The molecule has 6 nitrogen and oxygen atoms in total. The van der Waals surface area contributed by atoms with E-state index in [0.717, 1.165) is 18.2 Å². The summed E-state index contributed by atoms with van der Waals surface area (Å²) in [5.41, 5.74) is -0.392. The number of carboxylic acids is 1. The first-order chi connectivity index (χ1) is 8.40. The lowest BCUT2D eigenvalue weighted by Crippen LogP contribution is -2.31. The van der Waals surface area contributed by atoms with E-state index in [9.17, 15) is 18.8 Å². The Morgan fingerprint density at radius 1 is 1.33 bits per heavy atom. The molecule has 7 heteroatoms. The molecule has 0 aliphatic heterocycles. The number of halogens is 1. The van der Waals surface area contributed by atoms with Gasteiger partial charge in [0.25, 0.3) is 0 Å². The van der Waals surface area contributed by atoms with Crippen LogP contribution in [0.2, 0.25) is 0 Å². The highest BCUT2D eigenvalue weighted by Gasteiger charge is 2.11. The summed E-state index contributed by atoms with van der Waals surface area (Å²) >= 11 is 0. The largest absolute Gasteiger partial charge is 0.478 e. The van der Waals surface area contributed by atoms with Crippen molar-refractivity contribution < 1.29 is 23.9 Å². The van der Waals surface area contributed by atoms with Crippen molar-refractivity contribution in [2.24, 2.45) is 0 Å². The van der Waals surface area contributed by atoms with E-state index in [1.165, 1.54) is 6.92 Å². The number of nitrogens with one attached hydrogen (secondary N) is 2. The van der Waals surface area contributed by atoms with Crippen LogP contribution in [0.5, 0.6) is 0 Å². The number of anilines is 1. The van der Waals surface area contributed by atoms with Crippen molar-refractivity contribution in [3.8, 4) is 0 Å². The second-order valence-corrected chi connectivity index (χ2v) is 3.46. The molecule has 1 aromatic carbocycles. The first kappa shape index (κ1) is 13.6. The molecule has 0 unspecified atom stereocenters. The summed E-state index contributed by atoms with van der Waals surface area (Å²) in [6.45, 7) is 0.922. The summed E-state index contributed by atoms with van der Waals surface area (Å²) < 4.78 is 13.3. The summed E-state index contributed by atoms with van der Waals surface area (Å²) in [5, 5.41) is 13.1. The third kappa shape index (κ3) is 3.85. The van der Waals surface area contributed by atoms with Crippen LogP contribution < -0.4 is 10.6 Å². The molecule has 0 heterocycles. The van der Waals surface area contributed by atoms with E-state index in [4.69, 9.17) is 5.11 Å². The zero-order valence-electron chi connectivity index (χ0n) is 9.49. The fourth-order valence-electron chi connectivity index (χ4n) is 1.15. The molecule has 0 bridgehead atoms. The van der Waals surface area contributed by atoms with Crippen LogP contribution >= 0.6 is 0 Å². The van der Waals surface area contributed by atoms with Crippen molar-refractivity contribution in [3.63, 3.8) is 0 Å². The Bertz CT molecular complexity index is 502. The maximum Gasteiger partial charge on any atom is 0.335 e. The van der Waals surface area contributed by atoms with E-state index >= 15 is 0 Å². The van der Waals surface area contributed by atoms with Gasteiger partial charge in [-0.3, -0.25) is 9.59 Å². The van der Waals surface area contributed by atoms with Gasteiger partial charge in [-0.15, -0.1) is 0 Å². The van der Waals surface area contributed by atoms with Crippen molar-refractivity contribution in [3.05, 3.63) is 29.6 Å². The van der Waals surface area contributed by atoms with Crippen molar-refractivity contribution >= 4 is 23.5 Å². The lowest BCUT2D eigenvalue weighted by molar-refractivity contribution is -0.122. The summed E-state index contributed by atoms with van der Waals surface area (Å²) in [6, 6.07) is 3.03. The number of hydrogen-bond acceptors (Lipinski definition) is 3. The quantitative estimate of drug-likeness (QED) is 0.733. The first-order valence-corrected chi connectivity index (χ1v) is 4.97. The van der Waals surface area contributed by atoms with Gasteiger partial charge in [-0.1, -0.05) is 0 Å². The molecule has 96 valence electrons. The van der Waals surface area contributed by atoms with Crippen LogP contribution in [0.3, 0.4) is 0 Å². The Balaban J connectivity index is 2.77. The number of amides is 2. The molecule has 0 saturated carbocycles. The molecule has 1 rings (SSSR count). The number of rotatable bonds is 4. The van der Waals surface area contributed by atoms with E-state index in [-0.39, 0.29) is 17.8 Å². The third-order valence-electron chi connectivity index (χ3n) is 1.99. The van der Waals surface area contributed by atoms with Crippen LogP contribution in [0.15, 0.2) is 18.2 Å². The average molecular weight is 254 g/mol. The van der Waals surface area contributed by atoms with E-state index in [1.807, 2.05) is 0 Å². The highest BCUT2D eigenvalue weighted by molar-refractivity contribution is 5.96.